The number of benzene rings is 2. The number of rotatable bonds is 2. The van der Waals surface area contributed by atoms with Crippen molar-refractivity contribution in [2.24, 2.45) is 0 Å². The SMILES string of the molecule is O=C(Nc1ccccc1Br)C1OCCc2ccccc21. The zero-order chi connectivity index (χ0) is 13.9. The van der Waals surface area contributed by atoms with Crippen LogP contribution in [0.4, 0.5) is 5.69 Å². The van der Waals surface area contributed by atoms with Crippen LogP contribution in [0, 0.1) is 0 Å². The molecule has 1 atom stereocenters. The number of fused-ring (bicyclic) bond motifs is 1. The standard InChI is InChI=1S/C16H14BrNO2/c17-13-7-3-4-8-14(13)18-16(19)15-12-6-2-1-5-11(12)9-10-20-15/h1-8,15H,9-10H2,(H,18,19). The van der Waals surface area contributed by atoms with Crippen molar-refractivity contribution in [1.82, 2.24) is 0 Å². The lowest BCUT2D eigenvalue weighted by molar-refractivity contribution is -0.128. The summed E-state index contributed by atoms with van der Waals surface area (Å²) in [4.78, 5) is 12.4. The van der Waals surface area contributed by atoms with Gasteiger partial charge >= 0.3 is 0 Å². The van der Waals surface area contributed by atoms with Gasteiger partial charge in [-0.15, -0.1) is 0 Å². The Hall–Kier alpha value is -1.65. The Morgan fingerprint density at radius 1 is 1.15 bits per heavy atom. The van der Waals surface area contributed by atoms with Crippen LogP contribution < -0.4 is 5.32 Å². The molecule has 0 saturated heterocycles. The zero-order valence-corrected chi connectivity index (χ0v) is 12.4. The molecule has 0 saturated carbocycles. The fraction of sp³-hybridized carbons (Fsp3) is 0.188. The molecule has 2 aromatic carbocycles. The van der Waals surface area contributed by atoms with Crippen molar-refractivity contribution in [2.75, 3.05) is 11.9 Å². The number of nitrogens with one attached hydrogen (secondary N) is 1. The van der Waals surface area contributed by atoms with Gasteiger partial charge in [-0.25, -0.2) is 0 Å². The van der Waals surface area contributed by atoms with Gasteiger partial charge in [0.25, 0.3) is 5.91 Å². The molecule has 0 aromatic heterocycles. The Morgan fingerprint density at radius 3 is 2.75 bits per heavy atom. The summed E-state index contributed by atoms with van der Waals surface area (Å²) in [6.45, 7) is 0.574. The first-order chi connectivity index (χ1) is 9.75. The number of anilines is 1. The number of carbonyl (C=O) groups is 1. The van der Waals surface area contributed by atoms with Crippen molar-refractivity contribution in [1.29, 1.82) is 0 Å². The number of para-hydroxylation sites is 1. The first kappa shape index (κ1) is 13.3. The molecule has 0 bridgehead atoms. The van der Waals surface area contributed by atoms with Crippen molar-refractivity contribution in [2.45, 2.75) is 12.5 Å². The van der Waals surface area contributed by atoms with Gasteiger partial charge in [0, 0.05) is 4.47 Å². The lowest BCUT2D eigenvalue weighted by Crippen LogP contribution is -2.28. The van der Waals surface area contributed by atoms with Crippen LogP contribution in [0.1, 0.15) is 17.2 Å². The second-order valence-electron chi connectivity index (χ2n) is 4.67. The second kappa shape index (κ2) is 5.77. The maximum Gasteiger partial charge on any atom is 0.258 e. The van der Waals surface area contributed by atoms with E-state index in [2.05, 4.69) is 27.3 Å². The maximum atomic E-state index is 12.4. The van der Waals surface area contributed by atoms with E-state index < -0.39 is 6.10 Å². The second-order valence-corrected chi connectivity index (χ2v) is 5.52. The van der Waals surface area contributed by atoms with Gasteiger partial charge in [0.15, 0.2) is 6.10 Å². The number of carbonyl (C=O) groups excluding carboxylic acids is 1. The molecule has 102 valence electrons. The van der Waals surface area contributed by atoms with Crippen LogP contribution >= 0.6 is 15.9 Å². The summed E-state index contributed by atoms with van der Waals surface area (Å²) in [6.07, 6.45) is 0.321. The van der Waals surface area contributed by atoms with E-state index in [4.69, 9.17) is 4.74 Å². The summed E-state index contributed by atoms with van der Waals surface area (Å²) in [7, 11) is 0. The van der Waals surface area contributed by atoms with Gasteiger partial charge in [0.1, 0.15) is 0 Å². The van der Waals surface area contributed by atoms with Crippen molar-refractivity contribution in [3.8, 4) is 0 Å². The molecule has 1 aliphatic rings. The first-order valence-corrected chi connectivity index (χ1v) is 7.30. The third-order valence-corrected chi connectivity index (χ3v) is 4.05. The highest BCUT2D eigenvalue weighted by Crippen LogP contribution is 2.29. The van der Waals surface area contributed by atoms with Crippen LogP contribution in [0.25, 0.3) is 0 Å². The number of ether oxygens (including phenoxy) is 1. The van der Waals surface area contributed by atoms with Gasteiger partial charge in [-0.05, 0) is 45.6 Å². The highest BCUT2D eigenvalue weighted by atomic mass is 79.9. The largest absolute Gasteiger partial charge is 0.363 e. The van der Waals surface area contributed by atoms with Gasteiger partial charge in [-0.3, -0.25) is 4.79 Å². The Kier molecular flexibility index (Phi) is 3.85. The van der Waals surface area contributed by atoms with Crippen LogP contribution in [-0.4, -0.2) is 12.5 Å². The molecule has 0 radical (unpaired) electrons. The summed E-state index contributed by atoms with van der Waals surface area (Å²) in [5.74, 6) is -0.135. The quantitative estimate of drug-likeness (QED) is 0.911. The molecule has 3 rings (SSSR count). The topological polar surface area (TPSA) is 38.3 Å². The molecule has 2 aromatic rings. The predicted molar refractivity (Wildman–Crippen MR) is 81.6 cm³/mol. The Morgan fingerprint density at radius 2 is 1.90 bits per heavy atom. The molecule has 0 spiro atoms. The lowest BCUT2D eigenvalue weighted by atomic mass is 9.97. The highest BCUT2D eigenvalue weighted by Gasteiger charge is 2.27. The summed E-state index contributed by atoms with van der Waals surface area (Å²) in [5.41, 5.74) is 2.90. The number of halogens is 1. The third-order valence-electron chi connectivity index (χ3n) is 3.36. The number of hydrogen-bond acceptors (Lipinski definition) is 2. The van der Waals surface area contributed by atoms with Crippen LogP contribution in [-0.2, 0) is 16.0 Å². The molecule has 0 fully saturated rings. The summed E-state index contributed by atoms with van der Waals surface area (Å²) in [5, 5.41) is 2.91. The van der Waals surface area contributed by atoms with E-state index in [9.17, 15) is 4.79 Å². The monoisotopic (exact) mass is 331 g/mol. The zero-order valence-electron chi connectivity index (χ0n) is 10.8. The van der Waals surface area contributed by atoms with Crippen LogP contribution in [0.15, 0.2) is 53.0 Å². The third kappa shape index (κ3) is 2.62. The van der Waals surface area contributed by atoms with Gasteiger partial charge < -0.3 is 10.1 Å². The van der Waals surface area contributed by atoms with E-state index in [1.165, 1.54) is 5.56 Å². The molecule has 1 amide bonds. The van der Waals surface area contributed by atoms with Crippen LogP contribution in [0.2, 0.25) is 0 Å². The molecule has 0 aliphatic carbocycles. The fourth-order valence-electron chi connectivity index (χ4n) is 2.37. The molecule has 1 unspecified atom stereocenters. The van der Waals surface area contributed by atoms with E-state index in [1.54, 1.807) is 0 Å². The molecule has 1 N–H and O–H groups in total. The summed E-state index contributed by atoms with van der Waals surface area (Å²) >= 11 is 3.42. The van der Waals surface area contributed by atoms with E-state index >= 15 is 0 Å². The Bertz CT molecular complexity index is 642. The van der Waals surface area contributed by atoms with Gasteiger partial charge in [0.2, 0.25) is 0 Å². The molecule has 1 aliphatic heterocycles. The van der Waals surface area contributed by atoms with E-state index in [0.717, 1.165) is 22.1 Å². The molecule has 4 heteroatoms. The van der Waals surface area contributed by atoms with Gasteiger partial charge in [-0.2, -0.15) is 0 Å². The summed E-state index contributed by atoms with van der Waals surface area (Å²) < 4.78 is 6.51. The van der Waals surface area contributed by atoms with Gasteiger partial charge in [-0.1, -0.05) is 36.4 Å². The highest BCUT2D eigenvalue weighted by molar-refractivity contribution is 9.10. The van der Waals surface area contributed by atoms with Crippen molar-refractivity contribution >= 4 is 27.5 Å². The molecule has 20 heavy (non-hydrogen) atoms. The number of amides is 1. The predicted octanol–water partition coefficient (Wildman–Crippen LogP) is 3.70. The number of hydrogen-bond donors (Lipinski definition) is 1. The fourth-order valence-corrected chi connectivity index (χ4v) is 2.76. The van der Waals surface area contributed by atoms with Crippen molar-refractivity contribution < 1.29 is 9.53 Å². The smallest absolute Gasteiger partial charge is 0.258 e. The van der Waals surface area contributed by atoms with E-state index in [-0.39, 0.29) is 5.91 Å². The van der Waals surface area contributed by atoms with E-state index in [1.807, 2.05) is 42.5 Å². The minimum atomic E-state index is -0.535. The minimum Gasteiger partial charge on any atom is -0.363 e. The van der Waals surface area contributed by atoms with Gasteiger partial charge in [0.05, 0.1) is 12.3 Å². The van der Waals surface area contributed by atoms with Crippen LogP contribution in [0.5, 0.6) is 0 Å². The maximum absolute atomic E-state index is 12.4. The summed E-state index contributed by atoms with van der Waals surface area (Å²) in [6, 6.07) is 15.5. The minimum absolute atomic E-state index is 0.135. The van der Waals surface area contributed by atoms with E-state index in [0.29, 0.717) is 6.61 Å². The van der Waals surface area contributed by atoms with Crippen molar-refractivity contribution in [3.05, 3.63) is 64.1 Å². The van der Waals surface area contributed by atoms with Crippen LogP contribution in [0.3, 0.4) is 0 Å². The lowest BCUT2D eigenvalue weighted by Gasteiger charge is -2.25. The average Bonchev–Trinajstić information content (AvgIpc) is 2.49. The average molecular weight is 332 g/mol. The molecule has 3 nitrogen and oxygen atoms in total. The normalized spacial score (nSPS) is 17.4. The Balaban J connectivity index is 1.84. The molecular formula is C16H14BrNO2. The first-order valence-electron chi connectivity index (χ1n) is 6.50. The molecular weight excluding hydrogens is 318 g/mol. The van der Waals surface area contributed by atoms with Crippen molar-refractivity contribution in [3.63, 3.8) is 0 Å². The molecule has 1 heterocycles. The Labute approximate surface area is 126 Å².